The molecule has 0 heteroatoms. The zero-order valence-corrected chi connectivity index (χ0v) is 10.7. The molecular weight excluding hydrogens is 204 g/mol. The molecule has 0 saturated carbocycles. The number of benzene rings is 1. The normalized spacial score (nSPS) is 11.4. The second-order valence-corrected chi connectivity index (χ2v) is 4.17. The molecule has 1 aromatic carbocycles. The Morgan fingerprint density at radius 2 is 1.88 bits per heavy atom. The summed E-state index contributed by atoms with van der Waals surface area (Å²) < 4.78 is 0. The van der Waals surface area contributed by atoms with E-state index >= 15 is 0 Å². The van der Waals surface area contributed by atoms with Crippen molar-refractivity contribution in [1.29, 1.82) is 0 Å². The first-order valence-electron chi connectivity index (χ1n) is 6.42. The molecule has 0 saturated heterocycles. The van der Waals surface area contributed by atoms with Crippen molar-refractivity contribution in [2.45, 2.75) is 32.6 Å². The van der Waals surface area contributed by atoms with Gasteiger partial charge < -0.3 is 0 Å². The van der Waals surface area contributed by atoms with Gasteiger partial charge in [-0.15, -0.1) is 0 Å². The van der Waals surface area contributed by atoms with E-state index in [4.69, 9.17) is 0 Å². The van der Waals surface area contributed by atoms with Gasteiger partial charge in [-0.1, -0.05) is 81.0 Å². The van der Waals surface area contributed by atoms with Crippen molar-refractivity contribution in [3.8, 4) is 0 Å². The number of hydrogen-bond acceptors (Lipinski definition) is 0. The number of hydrogen-bond donors (Lipinski definition) is 0. The van der Waals surface area contributed by atoms with Crippen molar-refractivity contribution in [3.63, 3.8) is 0 Å². The van der Waals surface area contributed by atoms with E-state index in [0.717, 1.165) is 5.57 Å². The molecule has 90 valence electrons. The molecule has 0 radical (unpaired) electrons. The highest BCUT2D eigenvalue weighted by molar-refractivity contribution is 5.72. The molecule has 0 aliphatic rings. The van der Waals surface area contributed by atoms with Gasteiger partial charge in [-0.2, -0.15) is 0 Å². The summed E-state index contributed by atoms with van der Waals surface area (Å²) in [4.78, 5) is 0. The average molecular weight is 226 g/mol. The lowest BCUT2D eigenvalue weighted by Crippen LogP contribution is -1.76. The summed E-state index contributed by atoms with van der Waals surface area (Å²) in [6.45, 7) is 6.28. The van der Waals surface area contributed by atoms with Crippen LogP contribution in [0.25, 0.3) is 5.57 Å². The number of allylic oxidation sites excluding steroid dienone is 5. The van der Waals surface area contributed by atoms with Crippen LogP contribution in [0.5, 0.6) is 0 Å². The second-order valence-electron chi connectivity index (χ2n) is 4.17. The van der Waals surface area contributed by atoms with Crippen LogP contribution in [0.3, 0.4) is 0 Å². The predicted octanol–water partition coefficient (Wildman–Crippen LogP) is 5.39. The zero-order chi connectivity index (χ0) is 12.3. The molecule has 0 spiro atoms. The molecule has 0 unspecified atom stereocenters. The van der Waals surface area contributed by atoms with Crippen LogP contribution in [0.4, 0.5) is 0 Å². The minimum atomic E-state index is 1.06. The minimum Gasteiger partial charge on any atom is -0.0912 e. The molecule has 0 bridgehead atoms. The van der Waals surface area contributed by atoms with Crippen LogP contribution in [-0.4, -0.2) is 0 Å². The van der Waals surface area contributed by atoms with Gasteiger partial charge in [-0.05, 0) is 24.0 Å². The van der Waals surface area contributed by atoms with Crippen molar-refractivity contribution in [2.75, 3.05) is 0 Å². The SMILES string of the molecule is C=C(C=CC=CCCCCC)c1ccccc1. The number of unbranched alkanes of at least 4 members (excludes halogenated alkanes) is 3. The van der Waals surface area contributed by atoms with E-state index in [1.54, 1.807) is 0 Å². The fraction of sp³-hybridized carbons (Fsp3) is 0.294. The first-order valence-corrected chi connectivity index (χ1v) is 6.42. The lowest BCUT2D eigenvalue weighted by molar-refractivity contribution is 0.729. The monoisotopic (exact) mass is 226 g/mol. The molecule has 17 heavy (non-hydrogen) atoms. The molecule has 0 heterocycles. The lowest BCUT2D eigenvalue weighted by Gasteiger charge is -1.97. The van der Waals surface area contributed by atoms with Crippen LogP contribution in [-0.2, 0) is 0 Å². The molecule has 1 aromatic rings. The molecule has 0 amide bonds. The Hall–Kier alpha value is -1.56. The van der Waals surface area contributed by atoms with Crippen LogP contribution >= 0.6 is 0 Å². The third-order valence-corrected chi connectivity index (χ3v) is 2.66. The predicted molar refractivity (Wildman–Crippen MR) is 77.9 cm³/mol. The quantitative estimate of drug-likeness (QED) is 0.432. The van der Waals surface area contributed by atoms with Gasteiger partial charge >= 0.3 is 0 Å². The Kier molecular flexibility index (Phi) is 6.81. The maximum absolute atomic E-state index is 4.05. The molecule has 0 fully saturated rings. The van der Waals surface area contributed by atoms with Crippen molar-refractivity contribution in [2.24, 2.45) is 0 Å². The van der Waals surface area contributed by atoms with E-state index in [1.165, 1.54) is 31.2 Å². The van der Waals surface area contributed by atoms with Gasteiger partial charge in [0.25, 0.3) is 0 Å². The average Bonchev–Trinajstić information content (AvgIpc) is 2.38. The summed E-state index contributed by atoms with van der Waals surface area (Å²) in [5, 5.41) is 0. The molecular formula is C17H22. The second kappa shape index (κ2) is 8.58. The zero-order valence-electron chi connectivity index (χ0n) is 10.7. The van der Waals surface area contributed by atoms with Gasteiger partial charge in [-0.25, -0.2) is 0 Å². The first kappa shape index (κ1) is 13.5. The third kappa shape index (κ3) is 5.91. The van der Waals surface area contributed by atoms with Crippen LogP contribution in [0, 0.1) is 0 Å². The molecule has 0 nitrogen and oxygen atoms in total. The van der Waals surface area contributed by atoms with E-state index in [9.17, 15) is 0 Å². The Morgan fingerprint density at radius 3 is 2.59 bits per heavy atom. The fourth-order valence-corrected chi connectivity index (χ4v) is 1.61. The molecule has 0 aliphatic carbocycles. The van der Waals surface area contributed by atoms with Gasteiger partial charge in [0.2, 0.25) is 0 Å². The van der Waals surface area contributed by atoms with E-state index in [0.29, 0.717) is 0 Å². The Bertz CT molecular complexity index is 368. The van der Waals surface area contributed by atoms with Crippen LogP contribution in [0.15, 0.2) is 61.2 Å². The largest absolute Gasteiger partial charge is 0.0912 e. The maximum Gasteiger partial charge on any atom is -0.0190 e. The number of rotatable bonds is 7. The van der Waals surface area contributed by atoms with Gasteiger partial charge in [0.05, 0.1) is 0 Å². The van der Waals surface area contributed by atoms with Crippen LogP contribution < -0.4 is 0 Å². The summed E-state index contributed by atoms with van der Waals surface area (Å²) in [5.74, 6) is 0. The van der Waals surface area contributed by atoms with E-state index in [1.807, 2.05) is 18.2 Å². The van der Waals surface area contributed by atoms with Crippen molar-refractivity contribution >= 4 is 5.57 Å². The van der Waals surface area contributed by atoms with E-state index in [-0.39, 0.29) is 0 Å². The summed E-state index contributed by atoms with van der Waals surface area (Å²) in [6, 6.07) is 10.3. The minimum absolute atomic E-state index is 1.06. The van der Waals surface area contributed by atoms with Crippen molar-refractivity contribution in [1.82, 2.24) is 0 Å². The lowest BCUT2D eigenvalue weighted by atomic mass is 10.1. The third-order valence-electron chi connectivity index (χ3n) is 2.66. The molecule has 0 aromatic heterocycles. The van der Waals surface area contributed by atoms with Crippen molar-refractivity contribution < 1.29 is 0 Å². The maximum atomic E-state index is 4.05. The van der Waals surface area contributed by atoms with Crippen LogP contribution in [0.1, 0.15) is 38.2 Å². The van der Waals surface area contributed by atoms with Gasteiger partial charge in [0.15, 0.2) is 0 Å². The van der Waals surface area contributed by atoms with Gasteiger partial charge in [0.1, 0.15) is 0 Å². The Morgan fingerprint density at radius 1 is 1.12 bits per heavy atom. The topological polar surface area (TPSA) is 0 Å². The molecule has 0 N–H and O–H groups in total. The summed E-state index contributed by atoms with van der Waals surface area (Å²) >= 11 is 0. The highest BCUT2D eigenvalue weighted by Gasteiger charge is 1.90. The first-order chi connectivity index (χ1) is 8.34. The molecule has 0 atom stereocenters. The smallest absolute Gasteiger partial charge is 0.0190 e. The van der Waals surface area contributed by atoms with Gasteiger partial charge in [-0.3, -0.25) is 0 Å². The van der Waals surface area contributed by atoms with E-state index in [2.05, 4.69) is 49.9 Å². The summed E-state index contributed by atoms with van der Waals surface area (Å²) in [5.41, 5.74) is 2.24. The highest BCUT2D eigenvalue weighted by Crippen LogP contribution is 2.12. The summed E-state index contributed by atoms with van der Waals surface area (Å²) in [7, 11) is 0. The standard InChI is InChI=1S/C17H22/c1-3-4-5-6-7-8-10-13-16(2)17-14-11-9-12-15-17/h7-15H,2-6H2,1H3. The fourth-order valence-electron chi connectivity index (χ4n) is 1.61. The molecule has 0 aliphatic heterocycles. The van der Waals surface area contributed by atoms with Gasteiger partial charge in [0, 0.05) is 0 Å². The van der Waals surface area contributed by atoms with Crippen LogP contribution in [0.2, 0.25) is 0 Å². The highest BCUT2D eigenvalue weighted by atomic mass is 14.0. The van der Waals surface area contributed by atoms with E-state index < -0.39 is 0 Å². The Labute approximate surface area is 105 Å². The van der Waals surface area contributed by atoms with Crippen molar-refractivity contribution in [3.05, 3.63) is 66.8 Å². The summed E-state index contributed by atoms with van der Waals surface area (Å²) in [6.07, 6.45) is 13.6. The Balaban J connectivity index is 2.32. The molecule has 1 rings (SSSR count).